The molecule has 1 aromatic carbocycles. The molecule has 1 fully saturated rings. The van der Waals surface area contributed by atoms with Crippen molar-refractivity contribution < 1.29 is 4.42 Å². The van der Waals surface area contributed by atoms with Crippen LogP contribution in [-0.4, -0.2) is 11.5 Å². The zero-order valence-corrected chi connectivity index (χ0v) is 11.9. The molecule has 1 aliphatic carbocycles. The number of hydrogen-bond donors (Lipinski definition) is 2. The molecule has 4 heteroatoms. The van der Waals surface area contributed by atoms with E-state index in [9.17, 15) is 4.79 Å². The van der Waals surface area contributed by atoms with E-state index in [4.69, 9.17) is 4.42 Å². The summed E-state index contributed by atoms with van der Waals surface area (Å²) in [4.78, 5) is 14.0. The van der Waals surface area contributed by atoms with Crippen LogP contribution in [0, 0.1) is 5.92 Å². The highest BCUT2D eigenvalue weighted by Gasteiger charge is 2.26. The van der Waals surface area contributed by atoms with Crippen molar-refractivity contribution in [2.24, 2.45) is 5.92 Å². The highest BCUT2D eigenvalue weighted by molar-refractivity contribution is 5.72. The molecule has 20 heavy (non-hydrogen) atoms. The molecule has 0 spiro atoms. The van der Waals surface area contributed by atoms with Crippen LogP contribution in [0.15, 0.2) is 27.4 Å². The standard InChI is InChI=1S/C16H22N2O2/c1-2-9-17-15(11-5-3-4-6-11)12-7-8-13-14(10-12)20-16(19)18-13/h7-8,10-11,15,17H,2-6,9H2,1H3,(H,18,19). The van der Waals surface area contributed by atoms with Gasteiger partial charge >= 0.3 is 5.76 Å². The third kappa shape index (κ3) is 2.66. The molecule has 0 bridgehead atoms. The second-order valence-corrected chi connectivity index (χ2v) is 5.75. The van der Waals surface area contributed by atoms with E-state index in [1.165, 1.54) is 31.2 Å². The summed E-state index contributed by atoms with van der Waals surface area (Å²) < 4.78 is 5.19. The third-order valence-corrected chi connectivity index (χ3v) is 4.29. The number of benzene rings is 1. The van der Waals surface area contributed by atoms with E-state index >= 15 is 0 Å². The predicted molar refractivity (Wildman–Crippen MR) is 79.8 cm³/mol. The molecule has 3 rings (SSSR count). The Morgan fingerprint density at radius 2 is 2.20 bits per heavy atom. The largest absolute Gasteiger partial charge is 0.417 e. The van der Waals surface area contributed by atoms with Crippen molar-refractivity contribution >= 4 is 11.1 Å². The van der Waals surface area contributed by atoms with E-state index in [2.05, 4.69) is 23.3 Å². The molecule has 1 saturated carbocycles. The molecule has 1 atom stereocenters. The van der Waals surface area contributed by atoms with E-state index in [1.54, 1.807) is 0 Å². The number of hydrogen-bond acceptors (Lipinski definition) is 3. The summed E-state index contributed by atoms with van der Waals surface area (Å²) in [5.41, 5.74) is 2.67. The molecule has 1 aromatic heterocycles. The van der Waals surface area contributed by atoms with Crippen molar-refractivity contribution in [2.45, 2.75) is 45.1 Å². The highest BCUT2D eigenvalue weighted by atomic mass is 16.4. The first kappa shape index (κ1) is 13.4. The molecule has 108 valence electrons. The maximum Gasteiger partial charge on any atom is 0.417 e. The Hall–Kier alpha value is -1.55. The summed E-state index contributed by atoms with van der Waals surface area (Å²) in [5, 5.41) is 3.67. The lowest BCUT2D eigenvalue weighted by molar-refractivity contribution is 0.368. The maximum atomic E-state index is 11.3. The van der Waals surface area contributed by atoms with Crippen molar-refractivity contribution in [3.63, 3.8) is 0 Å². The lowest BCUT2D eigenvalue weighted by atomic mass is 9.91. The number of aromatic amines is 1. The fourth-order valence-corrected chi connectivity index (χ4v) is 3.30. The van der Waals surface area contributed by atoms with Gasteiger partial charge in [0.2, 0.25) is 0 Å². The van der Waals surface area contributed by atoms with Crippen LogP contribution >= 0.6 is 0 Å². The molecule has 2 aromatic rings. The quantitative estimate of drug-likeness (QED) is 0.879. The number of oxazole rings is 1. The van der Waals surface area contributed by atoms with Crippen LogP contribution in [0.1, 0.15) is 50.6 Å². The van der Waals surface area contributed by atoms with Crippen molar-refractivity contribution in [2.75, 3.05) is 6.54 Å². The summed E-state index contributed by atoms with van der Waals surface area (Å²) in [6, 6.07) is 6.45. The van der Waals surface area contributed by atoms with Crippen LogP contribution in [0.25, 0.3) is 11.1 Å². The molecule has 2 N–H and O–H groups in total. The molecule has 1 aliphatic rings. The smallest absolute Gasteiger partial charge is 0.408 e. The number of rotatable bonds is 5. The average molecular weight is 274 g/mol. The van der Waals surface area contributed by atoms with Crippen LogP contribution in [0.3, 0.4) is 0 Å². The molecule has 1 unspecified atom stereocenters. The molecule has 1 heterocycles. The minimum Gasteiger partial charge on any atom is -0.408 e. The van der Waals surface area contributed by atoms with Crippen molar-refractivity contribution in [3.05, 3.63) is 34.3 Å². The minimum atomic E-state index is -0.379. The summed E-state index contributed by atoms with van der Waals surface area (Å²) >= 11 is 0. The average Bonchev–Trinajstić information content (AvgIpc) is 3.07. The molecule has 0 saturated heterocycles. The monoisotopic (exact) mass is 274 g/mol. The molecule has 0 amide bonds. The van der Waals surface area contributed by atoms with Gasteiger partial charge in [-0.05, 0) is 49.4 Å². The summed E-state index contributed by atoms with van der Waals surface area (Å²) in [6.45, 7) is 3.21. The van der Waals surface area contributed by atoms with Crippen LogP contribution < -0.4 is 11.1 Å². The second-order valence-electron chi connectivity index (χ2n) is 5.75. The van der Waals surface area contributed by atoms with Crippen molar-refractivity contribution in [1.29, 1.82) is 0 Å². The summed E-state index contributed by atoms with van der Waals surface area (Å²) in [5.74, 6) is 0.320. The van der Waals surface area contributed by atoms with Gasteiger partial charge < -0.3 is 9.73 Å². The van der Waals surface area contributed by atoms with Gasteiger partial charge in [0, 0.05) is 6.04 Å². The Balaban J connectivity index is 1.91. The Kier molecular flexibility index (Phi) is 3.92. The van der Waals surface area contributed by atoms with E-state index in [1.807, 2.05) is 12.1 Å². The Labute approximate surface area is 118 Å². The summed E-state index contributed by atoms with van der Waals surface area (Å²) in [7, 11) is 0. The van der Waals surface area contributed by atoms with Gasteiger partial charge in [0.05, 0.1) is 5.52 Å². The Bertz CT molecular complexity index is 623. The van der Waals surface area contributed by atoms with Gasteiger partial charge in [-0.15, -0.1) is 0 Å². The zero-order chi connectivity index (χ0) is 13.9. The van der Waals surface area contributed by atoms with Gasteiger partial charge in [-0.25, -0.2) is 4.79 Å². The fraction of sp³-hybridized carbons (Fsp3) is 0.562. The molecular formula is C16H22N2O2. The van der Waals surface area contributed by atoms with Crippen molar-refractivity contribution in [1.82, 2.24) is 10.3 Å². The van der Waals surface area contributed by atoms with E-state index in [0.717, 1.165) is 18.5 Å². The van der Waals surface area contributed by atoms with Gasteiger partial charge in [-0.2, -0.15) is 0 Å². The SMILES string of the molecule is CCCNC(c1ccc2[nH]c(=O)oc2c1)C1CCCC1. The number of H-pyrrole nitrogens is 1. The van der Waals surface area contributed by atoms with E-state index in [0.29, 0.717) is 17.5 Å². The Morgan fingerprint density at radius 3 is 2.95 bits per heavy atom. The maximum absolute atomic E-state index is 11.3. The number of aromatic nitrogens is 1. The fourth-order valence-electron chi connectivity index (χ4n) is 3.30. The zero-order valence-electron chi connectivity index (χ0n) is 11.9. The van der Waals surface area contributed by atoms with E-state index in [-0.39, 0.29) is 5.76 Å². The molecule has 4 nitrogen and oxygen atoms in total. The first-order chi connectivity index (χ1) is 9.78. The molecule has 0 radical (unpaired) electrons. The van der Waals surface area contributed by atoms with Gasteiger partial charge in [0.1, 0.15) is 0 Å². The number of fused-ring (bicyclic) bond motifs is 1. The van der Waals surface area contributed by atoms with E-state index < -0.39 is 0 Å². The first-order valence-electron chi connectivity index (χ1n) is 7.64. The molecule has 0 aliphatic heterocycles. The Morgan fingerprint density at radius 1 is 1.40 bits per heavy atom. The predicted octanol–water partition coefficient (Wildman–Crippen LogP) is 3.35. The lowest BCUT2D eigenvalue weighted by Crippen LogP contribution is -2.27. The summed E-state index contributed by atoms with van der Waals surface area (Å²) in [6.07, 6.45) is 6.37. The topological polar surface area (TPSA) is 58.0 Å². The normalized spacial score (nSPS) is 17.9. The van der Waals surface area contributed by atoms with Crippen LogP contribution in [-0.2, 0) is 0 Å². The lowest BCUT2D eigenvalue weighted by Gasteiger charge is -2.25. The van der Waals surface area contributed by atoms with Crippen LogP contribution in [0.4, 0.5) is 0 Å². The third-order valence-electron chi connectivity index (χ3n) is 4.29. The van der Waals surface area contributed by atoms with Crippen LogP contribution in [0.2, 0.25) is 0 Å². The van der Waals surface area contributed by atoms with Crippen LogP contribution in [0.5, 0.6) is 0 Å². The van der Waals surface area contributed by atoms with Crippen molar-refractivity contribution in [3.8, 4) is 0 Å². The number of nitrogens with one attached hydrogen (secondary N) is 2. The van der Waals surface area contributed by atoms with Gasteiger partial charge in [0.25, 0.3) is 0 Å². The highest BCUT2D eigenvalue weighted by Crippen LogP contribution is 2.36. The van der Waals surface area contributed by atoms with Gasteiger partial charge in [-0.1, -0.05) is 25.8 Å². The minimum absolute atomic E-state index is 0.377. The van der Waals surface area contributed by atoms with Gasteiger partial charge in [0.15, 0.2) is 5.58 Å². The van der Waals surface area contributed by atoms with Gasteiger partial charge in [-0.3, -0.25) is 4.98 Å². The second kappa shape index (κ2) is 5.83. The molecular weight excluding hydrogens is 252 g/mol. The first-order valence-corrected chi connectivity index (χ1v) is 7.64.